The lowest BCUT2D eigenvalue weighted by Gasteiger charge is -2.10. The Labute approximate surface area is 110 Å². The van der Waals surface area contributed by atoms with Crippen molar-refractivity contribution in [3.8, 4) is 17.0 Å². The lowest BCUT2D eigenvalue weighted by molar-refractivity contribution is 0.242. The van der Waals surface area contributed by atoms with Crippen molar-refractivity contribution < 1.29 is 9.13 Å². The summed E-state index contributed by atoms with van der Waals surface area (Å²) in [5.74, 6) is -0.290. The predicted molar refractivity (Wildman–Crippen MR) is 72.0 cm³/mol. The zero-order chi connectivity index (χ0) is 14.0. The molecule has 0 bridgehead atoms. The van der Waals surface area contributed by atoms with Crippen molar-refractivity contribution in [2.45, 2.75) is 20.0 Å². The molecule has 0 radical (unpaired) electrons. The van der Waals surface area contributed by atoms with Gasteiger partial charge in [0.1, 0.15) is 11.4 Å². The molecule has 0 saturated carbocycles. The summed E-state index contributed by atoms with van der Waals surface area (Å²) in [5, 5.41) is 0. The highest BCUT2D eigenvalue weighted by Crippen LogP contribution is 2.26. The van der Waals surface area contributed by atoms with Crippen molar-refractivity contribution >= 4 is 11.8 Å². The summed E-state index contributed by atoms with van der Waals surface area (Å²) in [4.78, 5) is 7.43. The molecule has 0 aliphatic heterocycles. The third-order valence-corrected chi connectivity index (χ3v) is 2.39. The minimum absolute atomic E-state index is 0.0589. The van der Waals surface area contributed by atoms with Gasteiger partial charge in [-0.15, -0.1) is 0 Å². The average molecular weight is 262 g/mol. The van der Waals surface area contributed by atoms with Crippen LogP contribution < -0.4 is 16.2 Å². The molecule has 0 aliphatic carbocycles. The predicted octanol–water partition coefficient (Wildman–Crippen LogP) is 2.23. The first-order chi connectivity index (χ1) is 8.97. The normalized spacial score (nSPS) is 10.7. The van der Waals surface area contributed by atoms with Gasteiger partial charge in [-0.3, -0.25) is 0 Å². The highest BCUT2D eigenvalue weighted by Gasteiger charge is 2.13. The number of hydrogen-bond acceptors (Lipinski definition) is 5. The van der Waals surface area contributed by atoms with Crippen LogP contribution in [0.1, 0.15) is 13.8 Å². The van der Waals surface area contributed by atoms with E-state index in [9.17, 15) is 4.39 Å². The Bertz CT molecular complexity index is 584. The van der Waals surface area contributed by atoms with Crippen molar-refractivity contribution in [1.82, 2.24) is 9.97 Å². The summed E-state index contributed by atoms with van der Waals surface area (Å²) < 4.78 is 19.3. The van der Waals surface area contributed by atoms with Gasteiger partial charge in [0.25, 0.3) is 0 Å². The van der Waals surface area contributed by atoms with Gasteiger partial charge in [0.05, 0.1) is 6.10 Å². The van der Waals surface area contributed by atoms with Gasteiger partial charge in [0.2, 0.25) is 5.95 Å². The average Bonchev–Trinajstić information content (AvgIpc) is 2.34. The summed E-state index contributed by atoms with van der Waals surface area (Å²) in [6.45, 7) is 3.86. The lowest BCUT2D eigenvalue weighted by Crippen LogP contribution is -2.06. The van der Waals surface area contributed by atoms with Crippen LogP contribution in [-0.4, -0.2) is 16.1 Å². The van der Waals surface area contributed by atoms with Gasteiger partial charge < -0.3 is 16.2 Å². The molecule has 5 nitrogen and oxygen atoms in total. The molecule has 0 fully saturated rings. The molecule has 1 aromatic carbocycles. The van der Waals surface area contributed by atoms with Crippen molar-refractivity contribution in [2.75, 3.05) is 11.5 Å². The van der Waals surface area contributed by atoms with Gasteiger partial charge in [0, 0.05) is 5.56 Å². The fourth-order valence-electron chi connectivity index (χ4n) is 1.64. The van der Waals surface area contributed by atoms with E-state index in [1.54, 1.807) is 24.3 Å². The van der Waals surface area contributed by atoms with Gasteiger partial charge in [-0.1, -0.05) is 0 Å². The molecule has 4 N–H and O–H groups in total. The molecule has 2 rings (SSSR count). The van der Waals surface area contributed by atoms with Crippen molar-refractivity contribution in [3.05, 3.63) is 30.1 Å². The van der Waals surface area contributed by atoms with Crippen molar-refractivity contribution in [3.63, 3.8) is 0 Å². The van der Waals surface area contributed by atoms with E-state index in [4.69, 9.17) is 16.2 Å². The van der Waals surface area contributed by atoms with Crippen LogP contribution >= 0.6 is 0 Å². The Balaban J connectivity index is 2.37. The molecule has 1 heterocycles. The van der Waals surface area contributed by atoms with E-state index >= 15 is 0 Å². The summed E-state index contributed by atoms with van der Waals surface area (Å²) in [5.41, 5.74) is 11.5. The Morgan fingerprint density at radius 2 is 1.74 bits per heavy atom. The van der Waals surface area contributed by atoms with Crippen LogP contribution in [0.4, 0.5) is 16.2 Å². The van der Waals surface area contributed by atoms with Crippen LogP contribution in [-0.2, 0) is 0 Å². The monoisotopic (exact) mass is 262 g/mol. The molecule has 6 heteroatoms. The van der Waals surface area contributed by atoms with Crippen LogP contribution in [0, 0.1) is 5.82 Å². The number of benzene rings is 1. The molecule has 0 spiro atoms. The van der Waals surface area contributed by atoms with E-state index in [1.165, 1.54) is 0 Å². The molecule has 0 atom stereocenters. The minimum atomic E-state index is -0.674. The zero-order valence-corrected chi connectivity index (χ0v) is 10.7. The lowest BCUT2D eigenvalue weighted by atomic mass is 10.1. The molecule has 100 valence electrons. The molecular weight excluding hydrogens is 247 g/mol. The number of nitrogens with zero attached hydrogens (tertiary/aromatic N) is 2. The summed E-state index contributed by atoms with van der Waals surface area (Å²) in [6.07, 6.45) is 0.0768. The number of aromatic nitrogens is 2. The summed E-state index contributed by atoms with van der Waals surface area (Å²) in [7, 11) is 0. The van der Waals surface area contributed by atoms with Gasteiger partial charge >= 0.3 is 0 Å². The molecule has 0 aliphatic rings. The number of halogens is 1. The second-order valence-electron chi connectivity index (χ2n) is 4.32. The third-order valence-electron chi connectivity index (χ3n) is 2.39. The van der Waals surface area contributed by atoms with Crippen LogP contribution in [0.2, 0.25) is 0 Å². The van der Waals surface area contributed by atoms with Crippen LogP contribution in [0.3, 0.4) is 0 Å². The number of nitrogens with two attached hydrogens (primary N) is 2. The second kappa shape index (κ2) is 5.09. The quantitative estimate of drug-likeness (QED) is 0.885. The molecule has 0 unspecified atom stereocenters. The van der Waals surface area contributed by atoms with Crippen LogP contribution in [0.15, 0.2) is 24.3 Å². The summed E-state index contributed by atoms with van der Waals surface area (Å²) >= 11 is 0. The van der Waals surface area contributed by atoms with Gasteiger partial charge in [-0.05, 0) is 38.1 Å². The second-order valence-corrected chi connectivity index (χ2v) is 4.32. The number of anilines is 2. The molecule has 2 aromatic rings. The standard InChI is InChI=1S/C13H15FN4O/c1-7(2)19-9-5-3-8(4-6-9)11-10(14)12(15)18-13(16)17-11/h3-7H,1-2H3,(H4,15,16,17,18). The summed E-state index contributed by atoms with van der Waals surface area (Å²) in [6, 6.07) is 6.87. The van der Waals surface area contributed by atoms with Crippen molar-refractivity contribution in [2.24, 2.45) is 0 Å². The number of rotatable bonds is 3. The van der Waals surface area contributed by atoms with E-state index in [1.807, 2.05) is 13.8 Å². The topological polar surface area (TPSA) is 87.0 Å². The van der Waals surface area contributed by atoms with E-state index in [2.05, 4.69) is 9.97 Å². The zero-order valence-electron chi connectivity index (χ0n) is 10.7. The Hall–Kier alpha value is -2.37. The minimum Gasteiger partial charge on any atom is -0.491 e. The molecular formula is C13H15FN4O. The number of hydrogen-bond donors (Lipinski definition) is 2. The molecule has 19 heavy (non-hydrogen) atoms. The molecule has 0 saturated heterocycles. The third kappa shape index (κ3) is 2.90. The highest BCUT2D eigenvalue weighted by molar-refractivity contribution is 5.65. The van der Waals surface area contributed by atoms with Gasteiger partial charge in [-0.2, -0.15) is 4.98 Å². The molecule has 1 aromatic heterocycles. The van der Waals surface area contributed by atoms with Crippen molar-refractivity contribution in [1.29, 1.82) is 0 Å². The van der Waals surface area contributed by atoms with E-state index in [-0.39, 0.29) is 23.6 Å². The first-order valence-electron chi connectivity index (χ1n) is 5.83. The first kappa shape index (κ1) is 13.1. The van der Waals surface area contributed by atoms with Crippen LogP contribution in [0.25, 0.3) is 11.3 Å². The van der Waals surface area contributed by atoms with Gasteiger partial charge in [0.15, 0.2) is 11.6 Å². The number of ether oxygens (including phenoxy) is 1. The fourth-order valence-corrected chi connectivity index (χ4v) is 1.64. The Kier molecular flexibility index (Phi) is 3.50. The molecule has 0 amide bonds. The van der Waals surface area contributed by atoms with E-state index < -0.39 is 5.82 Å². The Morgan fingerprint density at radius 3 is 2.32 bits per heavy atom. The maximum atomic E-state index is 13.8. The maximum Gasteiger partial charge on any atom is 0.222 e. The fraction of sp³-hybridized carbons (Fsp3) is 0.231. The van der Waals surface area contributed by atoms with E-state index in [0.29, 0.717) is 11.3 Å². The highest BCUT2D eigenvalue weighted by atomic mass is 19.1. The van der Waals surface area contributed by atoms with Crippen LogP contribution in [0.5, 0.6) is 5.75 Å². The first-order valence-corrected chi connectivity index (χ1v) is 5.83. The number of nitrogen functional groups attached to an aromatic ring is 2. The largest absolute Gasteiger partial charge is 0.491 e. The smallest absolute Gasteiger partial charge is 0.222 e. The Morgan fingerprint density at radius 1 is 1.11 bits per heavy atom. The van der Waals surface area contributed by atoms with Gasteiger partial charge in [-0.25, -0.2) is 9.37 Å². The van der Waals surface area contributed by atoms with E-state index in [0.717, 1.165) is 0 Å². The maximum absolute atomic E-state index is 13.8. The SMILES string of the molecule is CC(C)Oc1ccc(-c2nc(N)nc(N)c2F)cc1.